The van der Waals surface area contributed by atoms with Crippen LogP contribution in [0.5, 0.6) is 0 Å². The van der Waals surface area contributed by atoms with E-state index in [1.54, 1.807) is 0 Å². The number of hydrogen-bond acceptors (Lipinski definition) is 6. The van der Waals surface area contributed by atoms with Crippen molar-refractivity contribution in [1.82, 2.24) is 0 Å². The number of rotatable bonds is 3. The van der Waals surface area contributed by atoms with E-state index in [1.165, 1.54) is 27.2 Å². The molecule has 0 saturated heterocycles. The van der Waals surface area contributed by atoms with Crippen LogP contribution < -0.4 is 5.11 Å². The molecule has 15 heavy (non-hydrogen) atoms. The molecular weight excluding hydrogens is 222 g/mol. The predicted molar refractivity (Wildman–Crippen MR) is 52.1 cm³/mol. The quantitative estimate of drug-likeness (QED) is 0.303. The molecule has 0 bridgehead atoms. The molecule has 0 aromatic heterocycles. The van der Waals surface area contributed by atoms with E-state index in [0.717, 1.165) is 11.8 Å². The average molecular weight is 232 g/mol. The third-order valence-corrected chi connectivity index (χ3v) is 3.34. The Morgan fingerprint density at radius 2 is 2.07 bits per heavy atom. The van der Waals surface area contributed by atoms with Crippen LogP contribution in [-0.2, 0) is 9.47 Å². The molecule has 7 heteroatoms. The molecule has 0 aliphatic carbocycles. The summed E-state index contributed by atoms with van der Waals surface area (Å²) in [7, 11) is 2.58. The van der Waals surface area contributed by atoms with Crippen molar-refractivity contribution < 1.29 is 19.5 Å². The highest BCUT2D eigenvalue weighted by Gasteiger charge is 2.50. The molecule has 0 radical (unpaired) electrons. The van der Waals surface area contributed by atoms with Crippen molar-refractivity contribution in [2.45, 2.75) is 12.0 Å². The number of ether oxygens (including phenoxy) is 2. The van der Waals surface area contributed by atoms with Crippen molar-refractivity contribution in [2.75, 3.05) is 14.2 Å². The maximum Gasteiger partial charge on any atom is 0.318 e. The van der Waals surface area contributed by atoms with Gasteiger partial charge in [-0.15, -0.1) is 5.76 Å². The molecule has 0 fully saturated rings. The largest absolute Gasteiger partial charge is 0.875 e. The Balaban J connectivity index is 3.20. The highest BCUT2D eigenvalue weighted by molar-refractivity contribution is 8.04. The first kappa shape index (κ1) is 12.0. The van der Waals surface area contributed by atoms with Crippen molar-refractivity contribution in [3.63, 3.8) is 0 Å². The van der Waals surface area contributed by atoms with Crippen molar-refractivity contribution in [3.8, 4) is 0 Å². The normalized spacial score (nSPS) is 22.5. The maximum absolute atomic E-state index is 11.1. The Bertz CT molecular complexity index is 341. The Hall–Kier alpha value is -1.05. The molecule has 1 aliphatic heterocycles. The molecule has 0 aromatic rings. The highest BCUT2D eigenvalue weighted by atomic mass is 32.2. The van der Waals surface area contributed by atoms with Crippen LogP contribution in [0, 0.1) is 10.1 Å². The van der Waals surface area contributed by atoms with Crippen molar-refractivity contribution >= 4 is 11.8 Å². The lowest BCUT2D eigenvalue weighted by molar-refractivity contribution is -0.451. The lowest BCUT2D eigenvalue weighted by atomic mass is 10.3. The predicted octanol–water partition coefficient (Wildman–Crippen LogP) is 0.432. The topological polar surface area (TPSA) is 84.7 Å². The molecule has 1 heterocycles. The van der Waals surface area contributed by atoms with Crippen molar-refractivity contribution in [2.24, 2.45) is 0 Å². The zero-order valence-electron chi connectivity index (χ0n) is 8.47. The lowest BCUT2D eigenvalue weighted by Gasteiger charge is -2.22. The summed E-state index contributed by atoms with van der Waals surface area (Å²) in [4.78, 5) is 10.4. The van der Waals surface area contributed by atoms with Crippen LogP contribution in [0.15, 0.2) is 22.4 Å². The monoisotopic (exact) mass is 232 g/mol. The van der Waals surface area contributed by atoms with Gasteiger partial charge in [0.2, 0.25) is 0 Å². The van der Waals surface area contributed by atoms with Gasteiger partial charge in [-0.05, 0) is 0 Å². The minimum Gasteiger partial charge on any atom is -0.875 e. The summed E-state index contributed by atoms with van der Waals surface area (Å²) in [6.07, 6.45) is 1.18. The second-order valence-corrected chi connectivity index (χ2v) is 3.96. The Morgan fingerprint density at radius 3 is 2.33 bits per heavy atom. The summed E-state index contributed by atoms with van der Waals surface area (Å²) in [6.45, 7) is 1.33. The highest BCUT2D eigenvalue weighted by Crippen LogP contribution is 2.47. The van der Waals surface area contributed by atoms with Gasteiger partial charge in [0.15, 0.2) is 0 Å². The van der Waals surface area contributed by atoms with E-state index in [2.05, 4.69) is 0 Å². The molecule has 0 saturated carbocycles. The van der Waals surface area contributed by atoms with Crippen LogP contribution in [0.25, 0.3) is 0 Å². The third-order valence-electron chi connectivity index (χ3n) is 1.91. The Morgan fingerprint density at radius 1 is 1.53 bits per heavy atom. The second kappa shape index (κ2) is 4.21. The zero-order chi connectivity index (χ0) is 11.6. The van der Waals surface area contributed by atoms with E-state index >= 15 is 0 Å². The minimum absolute atomic E-state index is 0.254. The summed E-state index contributed by atoms with van der Waals surface area (Å²) in [5.74, 6) is -0.254. The summed E-state index contributed by atoms with van der Waals surface area (Å²) in [5.41, 5.74) is -0.275. The summed E-state index contributed by atoms with van der Waals surface area (Å²) < 4.78 is 9.92. The lowest BCUT2D eigenvalue weighted by Crippen LogP contribution is -2.33. The van der Waals surface area contributed by atoms with E-state index < -0.39 is 10.0 Å². The van der Waals surface area contributed by atoms with Crippen molar-refractivity contribution in [3.05, 3.63) is 32.6 Å². The number of methoxy groups -OCH3 is 2. The summed E-state index contributed by atoms with van der Waals surface area (Å²) >= 11 is 0.891. The third kappa shape index (κ3) is 1.99. The van der Waals surface area contributed by atoms with E-state index in [0.29, 0.717) is 0 Å². The van der Waals surface area contributed by atoms with Crippen LogP contribution in [0.1, 0.15) is 6.92 Å². The van der Waals surface area contributed by atoms with Gasteiger partial charge >= 0.3 is 10.8 Å². The second-order valence-electron chi connectivity index (χ2n) is 2.77. The zero-order valence-corrected chi connectivity index (χ0v) is 9.29. The van der Waals surface area contributed by atoms with Gasteiger partial charge in [0.05, 0.1) is 4.92 Å². The smallest absolute Gasteiger partial charge is 0.318 e. The fraction of sp³-hybridized carbons (Fsp3) is 0.500. The van der Waals surface area contributed by atoms with Crippen LogP contribution in [0.3, 0.4) is 0 Å². The first-order chi connectivity index (χ1) is 6.96. The van der Waals surface area contributed by atoms with E-state index in [4.69, 9.17) is 9.47 Å². The molecule has 0 unspecified atom stereocenters. The number of nitrogens with zero attached hydrogens (tertiary/aromatic N) is 1. The molecule has 1 aliphatic rings. The summed E-state index contributed by atoms with van der Waals surface area (Å²) in [6, 6.07) is 0. The molecule has 84 valence electrons. The molecular formula is C8H10NO5S-. The first-order valence-electron chi connectivity index (χ1n) is 4.00. The first-order valence-corrected chi connectivity index (χ1v) is 4.82. The summed E-state index contributed by atoms with van der Waals surface area (Å²) in [5, 5.41) is 20.3. The van der Waals surface area contributed by atoms with E-state index in [-0.39, 0.29) is 16.4 Å². The number of allylic oxidation sites excluding steroid dienone is 2. The maximum atomic E-state index is 11.1. The van der Waals surface area contributed by atoms with Crippen LogP contribution in [-0.4, -0.2) is 24.3 Å². The van der Waals surface area contributed by atoms with E-state index in [9.17, 15) is 15.2 Å². The van der Waals surface area contributed by atoms with Gasteiger partial charge in [0, 0.05) is 25.2 Å². The fourth-order valence-electron chi connectivity index (χ4n) is 1.15. The van der Waals surface area contributed by atoms with Gasteiger partial charge in [0.25, 0.3) is 0 Å². The van der Waals surface area contributed by atoms with Gasteiger partial charge < -0.3 is 14.6 Å². The van der Waals surface area contributed by atoms with Gasteiger partial charge in [-0.3, -0.25) is 10.1 Å². The van der Waals surface area contributed by atoms with Crippen molar-refractivity contribution in [1.29, 1.82) is 0 Å². The molecule has 0 atom stereocenters. The van der Waals surface area contributed by atoms with Gasteiger partial charge in [-0.25, -0.2) is 0 Å². The van der Waals surface area contributed by atoms with Gasteiger partial charge in [-0.1, -0.05) is 18.7 Å². The average Bonchev–Trinajstić information content (AvgIpc) is 2.58. The SMILES string of the molecule is COC1(OC)S/C(=C(\C)[O-])C=C1[N+](=O)[O-]. The fourth-order valence-corrected chi connectivity index (χ4v) is 2.16. The van der Waals surface area contributed by atoms with Crippen LogP contribution in [0.4, 0.5) is 0 Å². The molecule has 0 spiro atoms. The minimum atomic E-state index is -1.51. The Labute approximate surface area is 90.7 Å². The molecule has 0 amide bonds. The van der Waals surface area contributed by atoms with Crippen LogP contribution >= 0.6 is 11.8 Å². The molecule has 6 nitrogen and oxygen atoms in total. The molecule has 0 aromatic carbocycles. The number of hydrogen-bond donors (Lipinski definition) is 0. The standard InChI is InChI=1S/C8H11NO5S/c1-5(10)6-4-7(9(11)12)8(13-2,14-3)15-6/h4,10H,1-3H3/p-1/b6-5+. The van der Waals surface area contributed by atoms with Gasteiger partial charge in [0.1, 0.15) is 0 Å². The number of nitro groups is 1. The Kier molecular flexibility index (Phi) is 3.38. The van der Waals surface area contributed by atoms with Crippen LogP contribution in [0.2, 0.25) is 0 Å². The van der Waals surface area contributed by atoms with Gasteiger partial charge in [-0.2, -0.15) is 0 Å². The molecule has 1 rings (SSSR count). The molecule has 0 N–H and O–H groups in total. The van der Waals surface area contributed by atoms with E-state index in [1.807, 2.05) is 0 Å². The number of thioether (sulfide) groups is 1.